The fraction of sp³-hybridized carbons (Fsp3) is 1.00. The van der Waals surface area contributed by atoms with E-state index < -0.39 is 0 Å². The number of hydrogen-bond donors (Lipinski definition) is 1. The average Bonchev–Trinajstić information content (AvgIpc) is 2.45. The molecule has 0 amide bonds. The minimum absolute atomic E-state index is 0.0702. The third-order valence-corrected chi connectivity index (χ3v) is 2.53. The predicted molar refractivity (Wildman–Crippen MR) is 37.0 cm³/mol. The van der Waals surface area contributed by atoms with E-state index in [0.29, 0.717) is 19.7 Å². The molecule has 4 heteroatoms. The Morgan fingerprint density at radius 3 is 2.45 bits per heavy atom. The third kappa shape index (κ3) is 1.39. The van der Waals surface area contributed by atoms with E-state index in [1.54, 1.807) is 0 Å². The van der Waals surface area contributed by atoms with Crippen LogP contribution in [-0.4, -0.2) is 35.6 Å². The van der Waals surface area contributed by atoms with Gasteiger partial charge >= 0.3 is 0 Å². The van der Waals surface area contributed by atoms with Crippen molar-refractivity contribution in [2.24, 2.45) is 0 Å². The second-order valence-electron chi connectivity index (χ2n) is 3.29. The molecule has 2 aliphatic heterocycles. The van der Waals surface area contributed by atoms with Crippen LogP contribution in [0.3, 0.4) is 0 Å². The lowest BCUT2D eigenvalue weighted by Crippen LogP contribution is -2.42. The highest BCUT2D eigenvalue weighted by Gasteiger charge is 2.39. The van der Waals surface area contributed by atoms with Gasteiger partial charge in [-0.2, -0.15) is 5.06 Å². The van der Waals surface area contributed by atoms with Crippen molar-refractivity contribution in [1.29, 1.82) is 0 Å². The van der Waals surface area contributed by atoms with Crippen LogP contribution in [0.25, 0.3) is 0 Å². The first kappa shape index (κ1) is 7.49. The lowest BCUT2D eigenvalue weighted by Gasteiger charge is -2.33. The Balaban J connectivity index is 1.94. The Hall–Kier alpha value is -0.160. The van der Waals surface area contributed by atoms with Gasteiger partial charge in [0.2, 0.25) is 0 Å². The smallest absolute Gasteiger partial charge is 0.108 e. The highest BCUT2D eigenvalue weighted by atomic mass is 17.2. The zero-order chi connectivity index (χ0) is 7.73. The number of hydroxylamine groups is 2. The minimum atomic E-state index is -0.0702. The van der Waals surface area contributed by atoms with Crippen LogP contribution in [0.2, 0.25) is 0 Å². The molecular formula is C7H13NO3. The maximum Gasteiger partial charge on any atom is 0.108 e. The topological polar surface area (TPSA) is 41.9 Å². The van der Waals surface area contributed by atoms with Crippen LogP contribution in [0, 0.1) is 0 Å². The molecule has 11 heavy (non-hydrogen) atoms. The van der Waals surface area contributed by atoms with Gasteiger partial charge in [-0.15, -0.1) is 0 Å². The van der Waals surface area contributed by atoms with E-state index in [4.69, 9.17) is 15.0 Å². The van der Waals surface area contributed by atoms with Gasteiger partial charge in [0.15, 0.2) is 0 Å². The summed E-state index contributed by atoms with van der Waals surface area (Å²) < 4.78 is 0. The van der Waals surface area contributed by atoms with E-state index in [-0.39, 0.29) is 5.60 Å². The highest BCUT2D eigenvalue weighted by molar-refractivity contribution is 4.86. The molecule has 0 aromatic rings. The van der Waals surface area contributed by atoms with Crippen molar-refractivity contribution in [2.45, 2.75) is 24.9 Å². The van der Waals surface area contributed by atoms with Crippen LogP contribution in [0.15, 0.2) is 0 Å². The normalized spacial score (nSPS) is 31.4. The molecule has 0 radical (unpaired) electrons. The van der Waals surface area contributed by atoms with E-state index in [2.05, 4.69) is 0 Å². The lowest BCUT2D eigenvalue weighted by molar-refractivity contribution is -0.322. The van der Waals surface area contributed by atoms with E-state index in [1.165, 1.54) is 5.06 Å². The van der Waals surface area contributed by atoms with Gasteiger partial charge in [-0.3, -0.25) is 0 Å². The molecule has 0 unspecified atom stereocenters. The fourth-order valence-corrected chi connectivity index (χ4v) is 1.67. The summed E-state index contributed by atoms with van der Waals surface area (Å²) in [7, 11) is 0. The summed E-state index contributed by atoms with van der Waals surface area (Å²) in [6, 6.07) is 0. The molecule has 1 N–H and O–H groups in total. The molecule has 0 aromatic heterocycles. The molecule has 2 aliphatic rings. The molecule has 0 bridgehead atoms. The SMILES string of the molecule is ON1CCC2(CCOO2)CC1. The predicted octanol–water partition coefficient (Wildman–Crippen LogP) is 0.562. The summed E-state index contributed by atoms with van der Waals surface area (Å²) in [4.78, 5) is 10.1. The molecule has 4 nitrogen and oxygen atoms in total. The van der Waals surface area contributed by atoms with Crippen molar-refractivity contribution in [1.82, 2.24) is 5.06 Å². The molecule has 2 saturated heterocycles. The first-order chi connectivity index (χ1) is 5.31. The summed E-state index contributed by atoms with van der Waals surface area (Å²) in [5.41, 5.74) is -0.0702. The third-order valence-electron chi connectivity index (χ3n) is 2.53. The van der Waals surface area contributed by atoms with Crippen molar-refractivity contribution in [3.63, 3.8) is 0 Å². The highest BCUT2D eigenvalue weighted by Crippen LogP contribution is 2.33. The Morgan fingerprint density at radius 1 is 1.18 bits per heavy atom. The van der Waals surface area contributed by atoms with Gasteiger partial charge in [-0.05, 0) is 12.8 Å². The molecule has 0 atom stereocenters. The van der Waals surface area contributed by atoms with Gasteiger partial charge in [0, 0.05) is 19.5 Å². The van der Waals surface area contributed by atoms with Gasteiger partial charge in [-0.25, -0.2) is 9.78 Å². The van der Waals surface area contributed by atoms with Gasteiger partial charge in [-0.1, -0.05) is 0 Å². The first-order valence-corrected chi connectivity index (χ1v) is 4.05. The summed E-state index contributed by atoms with van der Waals surface area (Å²) in [6.07, 6.45) is 2.73. The fourth-order valence-electron chi connectivity index (χ4n) is 1.67. The van der Waals surface area contributed by atoms with Crippen LogP contribution in [-0.2, 0) is 9.78 Å². The van der Waals surface area contributed by atoms with Gasteiger partial charge in [0.25, 0.3) is 0 Å². The van der Waals surface area contributed by atoms with E-state index >= 15 is 0 Å². The van der Waals surface area contributed by atoms with Gasteiger partial charge < -0.3 is 5.21 Å². The van der Waals surface area contributed by atoms with E-state index in [0.717, 1.165) is 19.3 Å². The Morgan fingerprint density at radius 2 is 1.91 bits per heavy atom. The zero-order valence-corrected chi connectivity index (χ0v) is 6.45. The van der Waals surface area contributed by atoms with Crippen LogP contribution in [0.5, 0.6) is 0 Å². The second-order valence-corrected chi connectivity index (χ2v) is 3.29. The van der Waals surface area contributed by atoms with Gasteiger partial charge in [0.1, 0.15) is 5.60 Å². The van der Waals surface area contributed by atoms with Crippen LogP contribution < -0.4 is 0 Å². The molecule has 0 aliphatic carbocycles. The largest absolute Gasteiger partial charge is 0.314 e. The average molecular weight is 159 g/mol. The molecule has 2 rings (SSSR count). The van der Waals surface area contributed by atoms with Crippen molar-refractivity contribution in [3.05, 3.63) is 0 Å². The first-order valence-electron chi connectivity index (χ1n) is 4.05. The van der Waals surface area contributed by atoms with Crippen molar-refractivity contribution < 1.29 is 15.0 Å². The zero-order valence-electron chi connectivity index (χ0n) is 6.45. The lowest BCUT2D eigenvalue weighted by atomic mass is 9.90. The monoisotopic (exact) mass is 159 g/mol. The molecule has 1 spiro atoms. The van der Waals surface area contributed by atoms with Crippen LogP contribution >= 0.6 is 0 Å². The van der Waals surface area contributed by atoms with Crippen molar-refractivity contribution in [2.75, 3.05) is 19.7 Å². The van der Waals surface area contributed by atoms with Crippen LogP contribution in [0.4, 0.5) is 0 Å². The molecule has 0 aromatic carbocycles. The molecule has 2 fully saturated rings. The Kier molecular flexibility index (Phi) is 1.85. The standard InChI is InChI=1S/C7H13NO3/c9-8-4-1-7(2-5-8)3-6-10-11-7/h9H,1-6H2. The van der Waals surface area contributed by atoms with E-state index in [9.17, 15) is 0 Å². The van der Waals surface area contributed by atoms with Crippen molar-refractivity contribution >= 4 is 0 Å². The quantitative estimate of drug-likeness (QED) is 0.524. The number of nitrogens with zero attached hydrogens (tertiary/aromatic N) is 1. The molecular weight excluding hydrogens is 146 g/mol. The number of rotatable bonds is 0. The maximum absolute atomic E-state index is 9.09. The minimum Gasteiger partial charge on any atom is -0.314 e. The van der Waals surface area contributed by atoms with E-state index in [1.807, 2.05) is 0 Å². The Labute approximate surface area is 65.6 Å². The Bertz CT molecular complexity index is 135. The number of piperidine rings is 1. The summed E-state index contributed by atoms with van der Waals surface area (Å²) >= 11 is 0. The summed E-state index contributed by atoms with van der Waals surface area (Å²) in [6.45, 7) is 2.10. The second kappa shape index (κ2) is 2.71. The molecule has 2 heterocycles. The summed E-state index contributed by atoms with van der Waals surface area (Å²) in [5.74, 6) is 0. The molecule has 0 saturated carbocycles. The maximum atomic E-state index is 9.09. The summed E-state index contributed by atoms with van der Waals surface area (Å²) in [5, 5.41) is 10.4. The van der Waals surface area contributed by atoms with Crippen LogP contribution in [0.1, 0.15) is 19.3 Å². The van der Waals surface area contributed by atoms with Gasteiger partial charge in [0.05, 0.1) is 6.61 Å². The molecule has 64 valence electrons. The van der Waals surface area contributed by atoms with Crippen molar-refractivity contribution in [3.8, 4) is 0 Å². The number of hydrogen-bond acceptors (Lipinski definition) is 4.